The SMILES string of the molecule is N#Cc1ccc(Sc2ccc(N)cc2)c(I)c1. The maximum Gasteiger partial charge on any atom is 0.0991 e. The maximum atomic E-state index is 8.80. The molecule has 0 bridgehead atoms. The molecule has 0 radical (unpaired) electrons. The van der Waals surface area contributed by atoms with Crippen LogP contribution in [0.4, 0.5) is 5.69 Å². The molecule has 0 spiro atoms. The smallest absolute Gasteiger partial charge is 0.0991 e. The van der Waals surface area contributed by atoms with E-state index in [1.165, 1.54) is 0 Å². The van der Waals surface area contributed by atoms with E-state index < -0.39 is 0 Å². The topological polar surface area (TPSA) is 49.8 Å². The zero-order chi connectivity index (χ0) is 12.3. The van der Waals surface area contributed by atoms with Crippen LogP contribution in [0.1, 0.15) is 5.56 Å². The monoisotopic (exact) mass is 352 g/mol. The average Bonchev–Trinajstić information content (AvgIpc) is 2.34. The highest BCUT2D eigenvalue weighted by molar-refractivity contribution is 14.1. The number of hydrogen-bond acceptors (Lipinski definition) is 3. The van der Waals surface area contributed by atoms with Gasteiger partial charge in [-0.3, -0.25) is 0 Å². The van der Waals surface area contributed by atoms with Gasteiger partial charge in [-0.05, 0) is 65.1 Å². The summed E-state index contributed by atoms with van der Waals surface area (Å²) in [7, 11) is 0. The van der Waals surface area contributed by atoms with Gasteiger partial charge in [0.15, 0.2) is 0 Å². The lowest BCUT2D eigenvalue weighted by atomic mass is 10.2. The minimum atomic E-state index is 0.691. The normalized spacial score (nSPS) is 9.88. The molecule has 0 saturated carbocycles. The number of benzene rings is 2. The summed E-state index contributed by atoms with van der Waals surface area (Å²) < 4.78 is 1.09. The Bertz CT molecular complexity index is 573. The lowest BCUT2D eigenvalue weighted by molar-refractivity contribution is 1.35. The van der Waals surface area contributed by atoms with Crippen molar-refractivity contribution in [2.24, 2.45) is 0 Å². The summed E-state index contributed by atoms with van der Waals surface area (Å²) in [5.74, 6) is 0. The second kappa shape index (κ2) is 5.43. The van der Waals surface area contributed by atoms with Gasteiger partial charge < -0.3 is 5.73 Å². The Morgan fingerprint density at radius 3 is 2.41 bits per heavy atom. The highest BCUT2D eigenvalue weighted by Crippen LogP contribution is 2.32. The van der Waals surface area contributed by atoms with Gasteiger partial charge in [0.25, 0.3) is 0 Å². The van der Waals surface area contributed by atoms with Crippen LogP contribution in [-0.4, -0.2) is 0 Å². The molecule has 0 aromatic heterocycles. The zero-order valence-corrected chi connectivity index (χ0v) is 11.8. The van der Waals surface area contributed by atoms with Gasteiger partial charge in [0.05, 0.1) is 11.6 Å². The van der Waals surface area contributed by atoms with Gasteiger partial charge >= 0.3 is 0 Å². The van der Waals surface area contributed by atoms with Gasteiger partial charge in [0, 0.05) is 19.0 Å². The van der Waals surface area contributed by atoms with Gasteiger partial charge in [0.2, 0.25) is 0 Å². The van der Waals surface area contributed by atoms with Crippen LogP contribution in [0.25, 0.3) is 0 Å². The molecule has 0 aliphatic heterocycles. The third kappa shape index (κ3) is 3.14. The van der Waals surface area contributed by atoms with Crippen molar-refractivity contribution in [3.05, 3.63) is 51.6 Å². The van der Waals surface area contributed by atoms with Crippen molar-refractivity contribution < 1.29 is 0 Å². The molecule has 84 valence electrons. The number of hydrogen-bond donors (Lipinski definition) is 1. The van der Waals surface area contributed by atoms with Gasteiger partial charge in [-0.1, -0.05) is 11.8 Å². The van der Waals surface area contributed by atoms with E-state index in [9.17, 15) is 0 Å². The summed E-state index contributed by atoms with van der Waals surface area (Å²) in [5.41, 5.74) is 7.10. The summed E-state index contributed by atoms with van der Waals surface area (Å²) in [6, 6.07) is 15.6. The van der Waals surface area contributed by atoms with E-state index >= 15 is 0 Å². The molecule has 2 aromatic carbocycles. The lowest BCUT2D eigenvalue weighted by Crippen LogP contribution is -1.84. The first-order valence-electron chi connectivity index (χ1n) is 4.92. The minimum Gasteiger partial charge on any atom is -0.399 e. The summed E-state index contributed by atoms with van der Waals surface area (Å²) >= 11 is 3.92. The Labute approximate surface area is 118 Å². The molecule has 0 atom stereocenters. The van der Waals surface area contributed by atoms with Crippen molar-refractivity contribution in [1.82, 2.24) is 0 Å². The number of halogens is 1. The first-order chi connectivity index (χ1) is 8.19. The first-order valence-corrected chi connectivity index (χ1v) is 6.81. The van der Waals surface area contributed by atoms with E-state index in [0.29, 0.717) is 5.56 Å². The Morgan fingerprint density at radius 2 is 1.82 bits per heavy atom. The molecule has 2 N–H and O–H groups in total. The fraction of sp³-hybridized carbons (Fsp3) is 0. The summed E-state index contributed by atoms with van der Waals surface area (Å²) in [6.45, 7) is 0. The van der Waals surface area contributed by atoms with E-state index in [1.54, 1.807) is 11.8 Å². The van der Waals surface area contributed by atoms with Crippen LogP contribution in [-0.2, 0) is 0 Å². The Morgan fingerprint density at radius 1 is 1.12 bits per heavy atom. The van der Waals surface area contributed by atoms with E-state index in [4.69, 9.17) is 11.0 Å². The van der Waals surface area contributed by atoms with Crippen molar-refractivity contribution in [3.8, 4) is 6.07 Å². The molecule has 17 heavy (non-hydrogen) atoms. The number of nitrogens with zero attached hydrogens (tertiary/aromatic N) is 1. The quantitative estimate of drug-likeness (QED) is 0.659. The minimum absolute atomic E-state index is 0.691. The van der Waals surface area contributed by atoms with E-state index in [1.807, 2.05) is 42.5 Å². The van der Waals surface area contributed by atoms with Crippen LogP contribution < -0.4 is 5.73 Å². The van der Waals surface area contributed by atoms with E-state index in [2.05, 4.69) is 28.7 Å². The Balaban J connectivity index is 2.25. The molecular formula is C13H9IN2S. The van der Waals surface area contributed by atoms with Crippen LogP contribution in [0, 0.1) is 14.9 Å². The molecule has 0 aliphatic carbocycles. The maximum absolute atomic E-state index is 8.80. The molecule has 4 heteroatoms. The highest BCUT2D eigenvalue weighted by atomic mass is 127. The predicted octanol–water partition coefficient (Wildman–Crippen LogP) is 3.90. The van der Waals surface area contributed by atoms with Gasteiger partial charge in [0.1, 0.15) is 0 Å². The molecule has 2 aromatic rings. The van der Waals surface area contributed by atoms with Crippen LogP contribution in [0.3, 0.4) is 0 Å². The zero-order valence-electron chi connectivity index (χ0n) is 8.85. The molecular weight excluding hydrogens is 343 g/mol. The first kappa shape index (κ1) is 12.3. The van der Waals surface area contributed by atoms with Crippen molar-refractivity contribution in [3.63, 3.8) is 0 Å². The Kier molecular flexibility index (Phi) is 3.92. The molecule has 0 saturated heterocycles. The molecule has 0 fully saturated rings. The standard InChI is InChI=1S/C13H9IN2S/c14-12-7-9(8-15)1-6-13(12)17-11-4-2-10(16)3-5-11/h1-7H,16H2. The highest BCUT2D eigenvalue weighted by Gasteiger charge is 2.03. The van der Waals surface area contributed by atoms with Crippen molar-refractivity contribution in [2.75, 3.05) is 5.73 Å². The molecule has 2 rings (SSSR count). The lowest BCUT2D eigenvalue weighted by Gasteiger charge is -2.05. The van der Waals surface area contributed by atoms with Crippen molar-refractivity contribution in [2.45, 2.75) is 9.79 Å². The van der Waals surface area contributed by atoms with Gasteiger partial charge in [-0.2, -0.15) is 5.26 Å². The fourth-order valence-corrected chi connectivity index (χ4v) is 2.98. The number of nitriles is 1. The number of nitrogens with two attached hydrogens (primary N) is 1. The number of rotatable bonds is 2. The average molecular weight is 352 g/mol. The Hall–Kier alpha value is -1.19. The molecule has 0 aliphatic rings. The number of anilines is 1. The largest absolute Gasteiger partial charge is 0.399 e. The second-order valence-electron chi connectivity index (χ2n) is 3.43. The van der Waals surface area contributed by atoms with E-state index in [0.717, 1.165) is 19.0 Å². The molecule has 0 unspecified atom stereocenters. The fourth-order valence-electron chi connectivity index (χ4n) is 1.32. The third-order valence-corrected chi connectivity index (χ3v) is 4.51. The summed E-state index contributed by atoms with van der Waals surface area (Å²) in [5, 5.41) is 8.80. The third-order valence-electron chi connectivity index (χ3n) is 2.17. The predicted molar refractivity (Wildman–Crippen MR) is 78.9 cm³/mol. The summed E-state index contributed by atoms with van der Waals surface area (Å²) in [4.78, 5) is 2.29. The van der Waals surface area contributed by atoms with Crippen LogP contribution >= 0.6 is 34.4 Å². The number of nitrogen functional groups attached to an aromatic ring is 1. The molecule has 0 amide bonds. The van der Waals surface area contributed by atoms with Gasteiger partial charge in [-0.15, -0.1) is 0 Å². The van der Waals surface area contributed by atoms with Crippen molar-refractivity contribution in [1.29, 1.82) is 5.26 Å². The van der Waals surface area contributed by atoms with Gasteiger partial charge in [-0.25, -0.2) is 0 Å². The summed E-state index contributed by atoms with van der Waals surface area (Å²) in [6.07, 6.45) is 0. The van der Waals surface area contributed by atoms with E-state index in [-0.39, 0.29) is 0 Å². The van der Waals surface area contributed by atoms with Crippen LogP contribution in [0.5, 0.6) is 0 Å². The van der Waals surface area contributed by atoms with Crippen LogP contribution in [0.15, 0.2) is 52.3 Å². The molecule has 2 nitrogen and oxygen atoms in total. The second-order valence-corrected chi connectivity index (χ2v) is 5.71. The molecule has 0 heterocycles. The van der Waals surface area contributed by atoms with Crippen LogP contribution in [0.2, 0.25) is 0 Å². The van der Waals surface area contributed by atoms with Crippen molar-refractivity contribution >= 4 is 40.0 Å².